The van der Waals surface area contributed by atoms with E-state index in [9.17, 15) is 4.79 Å². The minimum absolute atomic E-state index is 0.176. The molecular formula is C12H25N3O. The van der Waals surface area contributed by atoms with Gasteiger partial charge in [-0.15, -0.1) is 0 Å². The van der Waals surface area contributed by atoms with Crippen LogP contribution in [0.3, 0.4) is 0 Å². The van der Waals surface area contributed by atoms with Crippen LogP contribution in [-0.2, 0) is 4.79 Å². The second kappa shape index (κ2) is 6.21. The summed E-state index contributed by atoms with van der Waals surface area (Å²) in [5.41, 5.74) is 5.60. The third-order valence-corrected chi connectivity index (χ3v) is 3.35. The fourth-order valence-corrected chi connectivity index (χ4v) is 2.49. The topological polar surface area (TPSA) is 49.6 Å². The number of amides is 1. The zero-order valence-corrected chi connectivity index (χ0v) is 10.8. The van der Waals surface area contributed by atoms with Gasteiger partial charge in [0.2, 0.25) is 5.91 Å². The molecule has 0 radical (unpaired) electrons. The van der Waals surface area contributed by atoms with Crippen molar-refractivity contribution in [2.45, 2.75) is 45.7 Å². The Morgan fingerprint density at radius 3 is 2.75 bits per heavy atom. The first-order chi connectivity index (χ1) is 7.56. The Morgan fingerprint density at radius 2 is 2.25 bits per heavy atom. The van der Waals surface area contributed by atoms with Gasteiger partial charge in [0.25, 0.3) is 0 Å². The lowest BCUT2D eigenvalue weighted by atomic mass is 10.2. The summed E-state index contributed by atoms with van der Waals surface area (Å²) in [6.45, 7) is 9.45. The van der Waals surface area contributed by atoms with E-state index in [0.717, 1.165) is 19.6 Å². The van der Waals surface area contributed by atoms with E-state index in [-0.39, 0.29) is 11.9 Å². The molecule has 0 aliphatic carbocycles. The fraction of sp³-hybridized carbons (Fsp3) is 0.917. The predicted molar refractivity (Wildman–Crippen MR) is 66.2 cm³/mol. The van der Waals surface area contributed by atoms with E-state index < -0.39 is 0 Å². The molecule has 2 N–H and O–H groups in total. The van der Waals surface area contributed by atoms with Crippen molar-refractivity contribution in [2.75, 3.05) is 26.2 Å². The van der Waals surface area contributed by atoms with Crippen molar-refractivity contribution in [2.24, 2.45) is 5.73 Å². The quantitative estimate of drug-likeness (QED) is 0.751. The Labute approximate surface area is 98.8 Å². The van der Waals surface area contributed by atoms with Crippen LogP contribution in [0.1, 0.15) is 33.6 Å². The van der Waals surface area contributed by atoms with E-state index in [1.165, 1.54) is 12.8 Å². The third kappa shape index (κ3) is 3.46. The molecule has 0 bridgehead atoms. The molecule has 1 saturated heterocycles. The highest BCUT2D eigenvalue weighted by molar-refractivity contribution is 5.73. The van der Waals surface area contributed by atoms with Crippen LogP contribution in [0.15, 0.2) is 0 Å². The lowest BCUT2D eigenvalue weighted by Crippen LogP contribution is -2.46. The van der Waals surface area contributed by atoms with Gasteiger partial charge in [-0.2, -0.15) is 0 Å². The molecule has 1 aliphatic heterocycles. The first-order valence-electron chi connectivity index (χ1n) is 6.27. The van der Waals surface area contributed by atoms with Crippen molar-refractivity contribution in [1.29, 1.82) is 0 Å². The monoisotopic (exact) mass is 227 g/mol. The first-order valence-corrected chi connectivity index (χ1v) is 6.27. The van der Waals surface area contributed by atoms with Crippen LogP contribution in [0.2, 0.25) is 0 Å². The standard InChI is InChI=1S/C12H25N3O/c1-10(2)15(11(3)16)9-12-5-4-7-14(12)8-6-13/h10,12H,4-9,13H2,1-3H3/t12-/m1/s1. The number of rotatable bonds is 5. The van der Waals surface area contributed by atoms with Crippen LogP contribution in [0.5, 0.6) is 0 Å². The SMILES string of the molecule is CC(=O)N(C[C@H]1CCCN1CCN)C(C)C. The van der Waals surface area contributed by atoms with E-state index in [0.29, 0.717) is 12.6 Å². The third-order valence-electron chi connectivity index (χ3n) is 3.35. The van der Waals surface area contributed by atoms with Crippen LogP contribution in [0.25, 0.3) is 0 Å². The van der Waals surface area contributed by atoms with E-state index in [2.05, 4.69) is 18.7 Å². The number of hydrogen-bond donors (Lipinski definition) is 1. The number of hydrogen-bond acceptors (Lipinski definition) is 3. The normalized spacial score (nSPS) is 21.7. The highest BCUT2D eigenvalue weighted by Crippen LogP contribution is 2.18. The molecule has 0 spiro atoms. The Hall–Kier alpha value is -0.610. The molecule has 0 saturated carbocycles. The largest absolute Gasteiger partial charge is 0.339 e. The first kappa shape index (κ1) is 13.5. The smallest absolute Gasteiger partial charge is 0.219 e. The summed E-state index contributed by atoms with van der Waals surface area (Å²) in [4.78, 5) is 15.9. The van der Waals surface area contributed by atoms with Crippen molar-refractivity contribution in [1.82, 2.24) is 9.80 Å². The van der Waals surface area contributed by atoms with Crippen molar-refractivity contribution < 1.29 is 4.79 Å². The van der Waals surface area contributed by atoms with Crippen LogP contribution in [0, 0.1) is 0 Å². The molecule has 1 fully saturated rings. The Bertz CT molecular complexity index is 230. The van der Waals surface area contributed by atoms with E-state index >= 15 is 0 Å². The molecular weight excluding hydrogens is 202 g/mol. The highest BCUT2D eigenvalue weighted by atomic mass is 16.2. The van der Waals surface area contributed by atoms with E-state index in [1.807, 2.05) is 4.90 Å². The summed E-state index contributed by atoms with van der Waals surface area (Å²) < 4.78 is 0. The average Bonchev–Trinajstić information content (AvgIpc) is 2.61. The van der Waals surface area contributed by atoms with Crippen LogP contribution in [-0.4, -0.2) is 54.0 Å². The van der Waals surface area contributed by atoms with Crippen LogP contribution in [0.4, 0.5) is 0 Å². The number of carbonyl (C=O) groups excluding carboxylic acids is 1. The Kier molecular flexibility index (Phi) is 5.22. The zero-order chi connectivity index (χ0) is 12.1. The van der Waals surface area contributed by atoms with Gasteiger partial charge in [0.05, 0.1) is 0 Å². The minimum Gasteiger partial charge on any atom is -0.339 e. The molecule has 1 aliphatic rings. The molecule has 0 aromatic heterocycles. The van der Waals surface area contributed by atoms with Crippen molar-refractivity contribution >= 4 is 5.91 Å². The van der Waals surface area contributed by atoms with Gasteiger partial charge in [-0.1, -0.05) is 0 Å². The molecule has 16 heavy (non-hydrogen) atoms. The second-order valence-corrected chi connectivity index (χ2v) is 4.89. The molecule has 94 valence electrons. The lowest BCUT2D eigenvalue weighted by molar-refractivity contribution is -0.131. The summed E-state index contributed by atoms with van der Waals surface area (Å²) in [5.74, 6) is 0.176. The van der Waals surface area contributed by atoms with Gasteiger partial charge in [0.1, 0.15) is 0 Å². The molecule has 1 atom stereocenters. The minimum atomic E-state index is 0.176. The number of likely N-dealkylation sites (tertiary alicyclic amines) is 1. The summed E-state index contributed by atoms with van der Waals surface area (Å²) in [6, 6.07) is 0.799. The Balaban J connectivity index is 2.53. The maximum absolute atomic E-state index is 11.5. The molecule has 1 heterocycles. The molecule has 0 aromatic rings. The second-order valence-electron chi connectivity index (χ2n) is 4.89. The van der Waals surface area contributed by atoms with Gasteiger partial charge in [-0.3, -0.25) is 9.69 Å². The van der Waals surface area contributed by atoms with Crippen LogP contribution >= 0.6 is 0 Å². The van der Waals surface area contributed by atoms with Gasteiger partial charge < -0.3 is 10.6 Å². The maximum Gasteiger partial charge on any atom is 0.219 e. The summed E-state index contributed by atoms with van der Waals surface area (Å²) in [7, 11) is 0. The Morgan fingerprint density at radius 1 is 1.56 bits per heavy atom. The van der Waals surface area contributed by atoms with E-state index in [1.54, 1.807) is 6.92 Å². The predicted octanol–water partition coefficient (Wildman–Crippen LogP) is 0.666. The molecule has 1 amide bonds. The molecule has 4 nitrogen and oxygen atoms in total. The van der Waals surface area contributed by atoms with Gasteiger partial charge in [-0.05, 0) is 33.2 Å². The van der Waals surface area contributed by atoms with Gasteiger partial charge in [-0.25, -0.2) is 0 Å². The summed E-state index contributed by atoms with van der Waals surface area (Å²) in [6.07, 6.45) is 2.42. The number of carbonyl (C=O) groups is 1. The van der Waals surface area contributed by atoms with Crippen molar-refractivity contribution in [3.05, 3.63) is 0 Å². The summed E-state index contributed by atoms with van der Waals surface area (Å²) >= 11 is 0. The summed E-state index contributed by atoms with van der Waals surface area (Å²) in [5, 5.41) is 0. The van der Waals surface area contributed by atoms with Crippen molar-refractivity contribution in [3.63, 3.8) is 0 Å². The number of nitrogens with zero attached hydrogens (tertiary/aromatic N) is 2. The molecule has 0 unspecified atom stereocenters. The fourth-order valence-electron chi connectivity index (χ4n) is 2.49. The van der Waals surface area contributed by atoms with Crippen molar-refractivity contribution in [3.8, 4) is 0 Å². The van der Waals surface area contributed by atoms with Gasteiger partial charge in [0, 0.05) is 38.6 Å². The van der Waals surface area contributed by atoms with E-state index in [4.69, 9.17) is 5.73 Å². The zero-order valence-electron chi connectivity index (χ0n) is 10.8. The molecule has 0 aromatic carbocycles. The lowest BCUT2D eigenvalue weighted by Gasteiger charge is -2.32. The average molecular weight is 227 g/mol. The van der Waals surface area contributed by atoms with Gasteiger partial charge >= 0.3 is 0 Å². The maximum atomic E-state index is 11.5. The molecule has 1 rings (SSSR count). The number of nitrogens with two attached hydrogens (primary N) is 1. The highest BCUT2D eigenvalue weighted by Gasteiger charge is 2.27. The van der Waals surface area contributed by atoms with Crippen LogP contribution < -0.4 is 5.73 Å². The molecule has 4 heteroatoms. The van der Waals surface area contributed by atoms with Gasteiger partial charge in [0.15, 0.2) is 0 Å².